The summed E-state index contributed by atoms with van der Waals surface area (Å²) < 4.78 is 2.04. The standard InChI is InChI=1S/C11H11N5O2/c1-6-5-8(12-3)7(2)13-9(6)16-10(17)14-15(4)11(16)18/h5H,1-2,4H3,(H,14,17). The van der Waals surface area contributed by atoms with Crippen molar-refractivity contribution in [2.45, 2.75) is 13.8 Å². The minimum atomic E-state index is -0.548. The van der Waals surface area contributed by atoms with Crippen molar-refractivity contribution in [3.05, 3.63) is 49.7 Å². The lowest BCUT2D eigenvalue weighted by atomic mass is 10.2. The van der Waals surface area contributed by atoms with Crippen LogP contribution in [0, 0.1) is 20.4 Å². The Morgan fingerprint density at radius 2 is 2.06 bits per heavy atom. The molecule has 0 saturated heterocycles. The molecular weight excluding hydrogens is 234 g/mol. The molecule has 0 aliphatic heterocycles. The Bertz CT molecular complexity index is 772. The summed E-state index contributed by atoms with van der Waals surface area (Å²) in [4.78, 5) is 31.0. The van der Waals surface area contributed by atoms with E-state index in [2.05, 4.69) is 14.9 Å². The minimum absolute atomic E-state index is 0.256. The zero-order valence-electron chi connectivity index (χ0n) is 10.2. The maximum Gasteiger partial charge on any atom is 0.352 e. The Morgan fingerprint density at radius 3 is 2.56 bits per heavy atom. The van der Waals surface area contributed by atoms with Crippen LogP contribution in [0.25, 0.3) is 10.7 Å². The molecule has 2 heterocycles. The topological polar surface area (TPSA) is 77.0 Å². The molecule has 2 rings (SSSR count). The van der Waals surface area contributed by atoms with Crippen molar-refractivity contribution >= 4 is 5.69 Å². The molecule has 0 radical (unpaired) electrons. The van der Waals surface area contributed by atoms with Gasteiger partial charge in [-0.15, -0.1) is 0 Å². The largest absolute Gasteiger partial charge is 0.352 e. The lowest BCUT2D eigenvalue weighted by molar-refractivity contribution is 0.721. The van der Waals surface area contributed by atoms with Crippen molar-refractivity contribution in [1.29, 1.82) is 0 Å². The number of hydrogen-bond acceptors (Lipinski definition) is 3. The minimum Gasteiger partial charge on any atom is -0.246 e. The molecule has 7 nitrogen and oxygen atoms in total. The number of pyridine rings is 1. The number of aromatic nitrogens is 4. The van der Waals surface area contributed by atoms with Gasteiger partial charge in [0.25, 0.3) is 0 Å². The lowest BCUT2D eigenvalue weighted by Crippen LogP contribution is -2.28. The molecule has 0 aromatic carbocycles. The molecule has 0 bridgehead atoms. The van der Waals surface area contributed by atoms with E-state index in [0.29, 0.717) is 16.9 Å². The lowest BCUT2D eigenvalue weighted by Gasteiger charge is -2.06. The summed E-state index contributed by atoms with van der Waals surface area (Å²) in [6.07, 6.45) is 0. The highest BCUT2D eigenvalue weighted by atomic mass is 16.2. The third-order valence-electron chi connectivity index (χ3n) is 2.63. The second-order valence-corrected chi connectivity index (χ2v) is 3.94. The maximum atomic E-state index is 11.8. The average molecular weight is 245 g/mol. The van der Waals surface area contributed by atoms with Crippen molar-refractivity contribution in [2.75, 3.05) is 0 Å². The van der Waals surface area contributed by atoms with E-state index in [1.54, 1.807) is 19.9 Å². The maximum absolute atomic E-state index is 11.8. The van der Waals surface area contributed by atoms with Crippen LogP contribution in [0.5, 0.6) is 0 Å². The summed E-state index contributed by atoms with van der Waals surface area (Å²) >= 11 is 0. The molecule has 0 spiro atoms. The van der Waals surface area contributed by atoms with Crippen LogP contribution in [0.15, 0.2) is 15.7 Å². The number of rotatable bonds is 1. The van der Waals surface area contributed by atoms with Crippen LogP contribution < -0.4 is 11.4 Å². The summed E-state index contributed by atoms with van der Waals surface area (Å²) in [7, 11) is 1.45. The number of H-pyrrole nitrogens is 1. The van der Waals surface area contributed by atoms with Crippen molar-refractivity contribution in [3.8, 4) is 5.82 Å². The van der Waals surface area contributed by atoms with Crippen molar-refractivity contribution in [2.24, 2.45) is 7.05 Å². The monoisotopic (exact) mass is 245 g/mol. The van der Waals surface area contributed by atoms with Crippen molar-refractivity contribution in [1.82, 2.24) is 19.3 Å². The Hall–Kier alpha value is -2.62. The van der Waals surface area contributed by atoms with Gasteiger partial charge in [-0.3, -0.25) is 0 Å². The molecule has 92 valence electrons. The summed E-state index contributed by atoms with van der Waals surface area (Å²) in [6, 6.07) is 1.61. The van der Waals surface area contributed by atoms with E-state index in [4.69, 9.17) is 6.57 Å². The van der Waals surface area contributed by atoms with Gasteiger partial charge in [0.1, 0.15) is 5.82 Å². The number of nitrogens with one attached hydrogen (secondary N) is 1. The van der Waals surface area contributed by atoms with Gasteiger partial charge in [-0.2, -0.15) is 4.57 Å². The zero-order valence-corrected chi connectivity index (χ0v) is 10.2. The van der Waals surface area contributed by atoms with E-state index in [1.807, 2.05) is 0 Å². The van der Waals surface area contributed by atoms with E-state index in [9.17, 15) is 9.59 Å². The van der Waals surface area contributed by atoms with Crippen LogP contribution in [-0.2, 0) is 7.05 Å². The Morgan fingerprint density at radius 1 is 1.39 bits per heavy atom. The van der Waals surface area contributed by atoms with E-state index in [1.165, 1.54) is 7.05 Å². The molecule has 0 aliphatic carbocycles. The number of aryl methyl sites for hydroxylation is 3. The third-order valence-corrected chi connectivity index (χ3v) is 2.63. The van der Waals surface area contributed by atoms with Crippen LogP contribution in [0.2, 0.25) is 0 Å². The Kier molecular flexibility index (Phi) is 2.63. The first-order valence-electron chi connectivity index (χ1n) is 5.20. The molecule has 0 atom stereocenters. The molecular formula is C11H11N5O2. The smallest absolute Gasteiger partial charge is 0.246 e. The molecule has 0 aliphatic rings. The molecule has 2 aromatic heterocycles. The highest BCUT2D eigenvalue weighted by Crippen LogP contribution is 2.20. The summed E-state index contributed by atoms with van der Waals surface area (Å²) in [5, 5.41) is 2.36. The van der Waals surface area contributed by atoms with Gasteiger partial charge < -0.3 is 0 Å². The third kappa shape index (κ3) is 1.64. The van der Waals surface area contributed by atoms with Crippen LogP contribution >= 0.6 is 0 Å². The quantitative estimate of drug-likeness (QED) is 0.740. The summed E-state index contributed by atoms with van der Waals surface area (Å²) in [6.45, 7) is 10.4. The molecule has 0 amide bonds. The molecule has 7 heteroatoms. The molecule has 18 heavy (non-hydrogen) atoms. The van der Waals surface area contributed by atoms with Gasteiger partial charge in [0, 0.05) is 12.7 Å². The zero-order chi connectivity index (χ0) is 13.4. The molecule has 2 aromatic rings. The van der Waals surface area contributed by atoms with Crippen LogP contribution in [-0.4, -0.2) is 19.3 Å². The number of aromatic amines is 1. The van der Waals surface area contributed by atoms with E-state index < -0.39 is 11.4 Å². The van der Waals surface area contributed by atoms with Crippen LogP contribution in [0.1, 0.15) is 11.3 Å². The van der Waals surface area contributed by atoms with Crippen molar-refractivity contribution in [3.63, 3.8) is 0 Å². The number of nitrogens with zero attached hydrogens (tertiary/aromatic N) is 4. The predicted molar refractivity (Wildman–Crippen MR) is 65.2 cm³/mol. The molecule has 0 unspecified atom stereocenters. The van der Waals surface area contributed by atoms with E-state index in [0.717, 1.165) is 9.25 Å². The van der Waals surface area contributed by atoms with Gasteiger partial charge in [0.05, 0.1) is 6.57 Å². The first-order valence-corrected chi connectivity index (χ1v) is 5.20. The molecule has 0 fully saturated rings. The summed E-state index contributed by atoms with van der Waals surface area (Å²) in [5.74, 6) is 0.256. The fourth-order valence-electron chi connectivity index (χ4n) is 1.68. The number of hydrogen-bond donors (Lipinski definition) is 1. The predicted octanol–water partition coefficient (Wildman–Crippen LogP) is 0.427. The van der Waals surface area contributed by atoms with Gasteiger partial charge in [-0.25, -0.2) is 29.2 Å². The first kappa shape index (κ1) is 11.9. The summed E-state index contributed by atoms with van der Waals surface area (Å²) in [5.41, 5.74) is 0.460. The second kappa shape index (κ2) is 4.00. The highest BCUT2D eigenvalue weighted by molar-refractivity contribution is 5.54. The fraction of sp³-hybridized carbons (Fsp3) is 0.273. The van der Waals surface area contributed by atoms with Crippen LogP contribution in [0.3, 0.4) is 0 Å². The van der Waals surface area contributed by atoms with Crippen molar-refractivity contribution < 1.29 is 0 Å². The van der Waals surface area contributed by atoms with Gasteiger partial charge >= 0.3 is 11.4 Å². The normalized spacial score (nSPS) is 10.3. The average Bonchev–Trinajstić information content (AvgIpc) is 2.56. The second-order valence-electron chi connectivity index (χ2n) is 3.94. The van der Waals surface area contributed by atoms with Gasteiger partial charge in [-0.05, 0) is 25.5 Å². The van der Waals surface area contributed by atoms with Gasteiger partial charge in [0.2, 0.25) is 5.69 Å². The Balaban J connectivity index is 2.81. The first-order chi connectivity index (χ1) is 8.45. The molecule has 0 saturated carbocycles. The Labute approximate surface area is 102 Å². The van der Waals surface area contributed by atoms with E-state index >= 15 is 0 Å². The SMILES string of the molecule is [C-]#[N+]c1cc(C)c(-n2c(=O)[nH]n(C)c2=O)nc1C. The van der Waals surface area contributed by atoms with Crippen LogP contribution in [0.4, 0.5) is 5.69 Å². The van der Waals surface area contributed by atoms with Gasteiger partial charge in [0.15, 0.2) is 0 Å². The highest BCUT2D eigenvalue weighted by Gasteiger charge is 2.14. The fourth-order valence-corrected chi connectivity index (χ4v) is 1.68. The van der Waals surface area contributed by atoms with E-state index in [-0.39, 0.29) is 5.82 Å². The van der Waals surface area contributed by atoms with Gasteiger partial charge in [-0.1, -0.05) is 0 Å². The molecule has 1 N–H and O–H groups in total.